The highest BCUT2D eigenvalue weighted by Crippen LogP contribution is 2.50. The first-order valence-corrected chi connectivity index (χ1v) is 5.29. The Morgan fingerprint density at radius 1 is 1.54 bits per heavy atom. The maximum atomic E-state index is 10.0. The molecular weight excluding hydrogens is 166 g/mol. The zero-order valence-corrected chi connectivity index (χ0v) is 8.04. The monoisotopic (exact) mass is 185 g/mol. The average molecular weight is 185 g/mol. The minimum Gasteiger partial charge on any atom is -0.392 e. The van der Waals surface area contributed by atoms with E-state index >= 15 is 0 Å². The van der Waals surface area contributed by atoms with Crippen LogP contribution in [0.25, 0.3) is 0 Å². The van der Waals surface area contributed by atoms with Crippen LogP contribution in [0.15, 0.2) is 0 Å². The summed E-state index contributed by atoms with van der Waals surface area (Å²) in [7, 11) is 0. The number of ether oxygens (including phenoxy) is 1. The van der Waals surface area contributed by atoms with Crippen molar-refractivity contribution in [2.24, 2.45) is 11.1 Å². The fourth-order valence-corrected chi connectivity index (χ4v) is 2.98. The normalized spacial score (nSPS) is 40.6. The fraction of sp³-hybridized carbons (Fsp3) is 1.00. The van der Waals surface area contributed by atoms with E-state index in [0.29, 0.717) is 12.6 Å². The standard InChI is InChI=1S/C10H19NO2/c11-6-3-8(12)10-4-1-2-9(10)13-7-5-10/h8-9,12H,1-7,11H2/t8-,9-,10?/m1/s1. The summed E-state index contributed by atoms with van der Waals surface area (Å²) in [5.41, 5.74) is 5.54. The maximum Gasteiger partial charge on any atom is 0.0656 e. The van der Waals surface area contributed by atoms with Gasteiger partial charge in [0, 0.05) is 12.0 Å². The van der Waals surface area contributed by atoms with Gasteiger partial charge in [0.1, 0.15) is 0 Å². The molecule has 1 unspecified atom stereocenters. The maximum absolute atomic E-state index is 10.0. The zero-order chi connectivity index (χ0) is 9.31. The van der Waals surface area contributed by atoms with E-state index in [1.54, 1.807) is 0 Å². The molecule has 3 N–H and O–H groups in total. The molecule has 76 valence electrons. The molecule has 2 rings (SSSR count). The summed E-state index contributed by atoms with van der Waals surface area (Å²) in [4.78, 5) is 0. The third kappa shape index (κ3) is 1.39. The van der Waals surface area contributed by atoms with E-state index < -0.39 is 0 Å². The van der Waals surface area contributed by atoms with Gasteiger partial charge in [-0.3, -0.25) is 0 Å². The van der Waals surface area contributed by atoms with Crippen molar-refractivity contribution in [1.29, 1.82) is 0 Å². The average Bonchev–Trinajstić information content (AvgIpc) is 2.61. The molecule has 2 aliphatic rings. The summed E-state index contributed by atoms with van der Waals surface area (Å²) < 4.78 is 5.65. The predicted octanol–water partition coefficient (Wildman–Crippen LogP) is 0.655. The van der Waals surface area contributed by atoms with Crippen molar-refractivity contribution in [3.8, 4) is 0 Å². The van der Waals surface area contributed by atoms with Crippen molar-refractivity contribution >= 4 is 0 Å². The Labute approximate surface area is 79.3 Å². The number of aliphatic hydroxyl groups is 1. The Bertz CT molecular complexity index is 174. The van der Waals surface area contributed by atoms with Crippen molar-refractivity contribution < 1.29 is 9.84 Å². The van der Waals surface area contributed by atoms with Gasteiger partial charge in [0.15, 0.2) is 0 Å². The molecule has 13 heavy (non-hydrogen) atoms. The van der Waals surface area contributed by atoms with Gasteiger partial charge in [-0.2, -0.15) is 0 Å². The second kappa shape index (κ2) is 3.56. The molecule has 3 nitrogen and oxygen atoms in total. The second-order valence-electron chi connectivity index (χ2n) is 4.33. The largest absolute Gasteiger partial charge is 0.392 e. The van der Waals surface area contributed by atoms with Crippen LogP contribution in [0.1, 0.15) is 32.1 Å². The van der Waals surface area contributed by atoms with E-state index in [0.717, 1.165) is 32.3 Å². The van der Waals surface area contributed by atoms with Crippen molar-refractivity contribution in [3.63, 3.8) is 0 Å². The smallest absolute Gasteiger partial charge is 0.0656 e. The molecule has 0 aromatic carbocycles. The van der Waals surface area contributed by atoms with Crippen LogP contribution in [0.3, 0.4) is 0 Å². The van der Waals surface area contributed by atoms with Crippen LogP contribution < -0.4 is 5.73 Å². The van der Waals surface area contributed by atoms with Crippen molar-refractivity contribution in [3.05, 3.63) is 0 Å². The van der Waals surface area contributed by atoms with Crippen molar-refractivity contribution in [1.82, 2.24) is 0 Å². The minimum atomic E-state index is -0.243. The molecule has 1 aliphatic heterocycles. The predicted molar refractivity (Wildman–Crippen MR) is 50.3 cm³/mol. The molecule has 0 radical (unpaired) electrons. The molecule has 0 amide bonds. The topological polar surface area (TPSA) is 55.5 Å². The van der Waals surface area contributed by atoms with Crippen LogP contribution in [0, 0.1) is 5.41 Å². The summed E-state index contributed by atoms with van der Waals surface area (Å²) in [6, 6.07) is 0. The van der Waals surface area contributed by atoms with E-state index in [9.17, 15) is 5.11 Å². The lowest BCUT2D eigenvalue weighted by Crippen LogP contribution is -2.39. The highest BCUT2D eigenvalue weighted by atomic mass is 16.5. The summed E-state index contributed by atoms with van der Waals surface area (Å²) in [5, 5.41) is 10.0. The third-order valence-corrected chi connectivity index (χ3v) is 3.74. The number of aliphatic hydroxyl groups excluding tert-OH is 1. The molecular formula is C10H19NO2. The SMILES string of the molecule is NCC[C@@H](O)C12CCC[C@H]1OCC2. The van der Waals surface area contributed by atoms with Gasteiger partial charge in [0.05, 0.1) is 12.2 Å². The van der Waals surface area contributed by atoms with Gasteiger partial charge in [0.2, 0.25) is 0 Å². The number of hydrogen-bond acceptors (Lipinski definition) is 3. The Kier molecular flexibility index (Phi) is 2.58. The van der Waals surface area contributed by atoms with Gasteiger partial charge in [-0.15, -0.1) is 0 Å². The fourth-order valence-electron chi connectivity index (χ4n) is 2.98. The molecule has 1 saturated heterocycles. The molecule has 1 heterocycles. The van der Waals surface area contributed by atoms with Crippen molar-refractivity contribution in [2.45, 2.75) is 44.3 Å². The lowest BCUT2D eigenvalue weighted by atomic mass is 9.76. The van der Waals surface area contributed by atoms with E-state index in [1.807, 2.05) is 0 Å². The second-order valence-corrected chi connectivity index (χ2v) is 4.33. The Hall–Kier alpha value is -0.120. The lowest BCUT2D eigenvalue weighted by molar-refractivity contribution is -0.0203. The molecule has 3 atom stereocenters. The van der Waals surface area contributed by atoms with Crippen LogP contribution in [-0.4, -0.2) is 30.5 Å². The number of hydrogen-bond donors (Lipinski definition) is 2. The van der Waals surface area contributed by atoms with E-state index in [-0.39, 0.29) is 11.5 Å². The molecule has 0 bridgehead atoms. The van der Waals surface area contributed by atoms with Gasteiger partial charge < -0.3 is 15.6 Å². The number of nitrogens with two attached hydrogens (primary N) is 1. The van der Waals surface area contributed by atoms with Gasteiger partial charge in [-0.25, -0.2) is 0 Å². The van der Waals surface area contributed by atoms with E-state index in [4.69, 9.17) is 10.5 Å². The Morgan fingerprint density at radius 3 is 3.15 bits per heavy atom. The molecule has 1 saturated carbocycles. The summed E-state index contributed by atoms with van der Waals surface area (Å²) in [6.45, 7) is 1.40. The molecule has 0 aromatic rings. The van der Waals surface area contributed by atoms with Gasteiger partial charge in [0.25, 0.3) is 0 Å². The lowest BCUT2D eigenvalue weighted by Gasteiger charge is -2.33. The van der Waals surface area contributed by atoms with Gasteiger partial charge in [-0.05, 0) is 32.2 Å². The summed E-state index contributed by atoms with van der Waals surface area (Å²) >= 11 is 0. The van der Waals surface area contributed by atoms with Gasteiger partial charge >= 0.3 is 0 Å². The van der Waals surface area contributed by atoms with Crippen LogP contribution in [0.2, 0.25) is 0 Å². The van der Waals surface area contributed by atoms with Crippen molar-refractivity contribution in [2.75, 3.05) is 13.2 Å². The van der Waals surface area contributed by atoms with Crippen LogP contribution in [-0.2, 0) is 4.74 Å². The summed E-state index contributed by atoms with van der Waals surface area (Å²) in [5.74, 6) is 0. The highest BCUT2D eigenvalue weighted by molar-refractivity contribution is 5.01. The van der Waals surface area contributed by atoms with E-state index in [1.165, 1.54) is 6.42 Å². The van der Waals surface area contributed by atoms with Crippen LogP contribution in [0.4, 0.5) is 0 Å². The molecule has 2 fully saturated rings. The molecule has 3 heteroatoms. The minimum absolute atomic E-state index is 0.0688. The highest BCUT2D eigenvalue weighted by Gasteiger charge is 2.51. The third-order valence-electron chi connectivity index (χ3n) is 3.74. The number of rotatable bonds is 3. The Balaban J connectivity index is 2.08. The first-order valence-electron chi connectivity index (χ1n) is 5.29. The first-order chi connectivity index (χ1) is 6.29. The molecule has 1 aliphatic carbocycles. The summed E-state index contributed by atoms with van der Waals surface area (Å²) in [6.07, 6.45) is 5.27. The van der Waals surface area contributed by atoms with Crippen LogP contribution in [0.5, 0.6) is 0 Å². The first kappa shape index (κ1) is 9.44. The van der Waals surface area contributed by atoms with E-state index in [2.05, 4.69) is 0 Å². The van der Waals surface area contributed by atoms with Crippen LogP contribution >= 0.6 is 0 Å². The molecule has 0 aromatic heterocycles. The number of fused-ring (bicyclic) bond motifs is 1. The van der Waals surface area contributed by atoms with Gasteiger partial charge in [-0.1, -0.05) is 6.42 Å². The quantitative estimate of drug-likeness (QED) is 0.679. The molecule has 0 spiro atoms. The Morgan fingerprint density at radius 2 is 2.38 bits per heavy atom. The zero-order valence-electron chi connectivity index (χ0n) is 8.04.